The first-order valence-electron chi connectivity index (χ1n) is 9.76. The second-order valence-electron chi connectivity index (χ2n) is 6.53. The van der Waals surface area contributed by atoms with Crippen LogP contribution >= 0.6 is 0 Å². The zero-order chi connectivity index (χ0) is 20.5. The Hall–Kier alpha value is -3.28. The number of hydrogen-bond acceptors (Lipinski definition) is 5. The van der Waals surface area contributed by atoms with E-state index in [1.807, 2.05) is 55.5 Å². The molecule has 0 aliphatic rings. The van der Waals surface area contributed by atoms with Crippen LogP contribution in [0.15, 0.2) is 59.1 Å². The van der Waals surface area contributed by atoms with Crippen molar-refractivity contribution >= 4 is 5.91 Å². The number of nitrogens with one attached hydrogen (secondary N) is 1. The Bertz CT molecular complexity index is 922. The minimum atomic E-state index is -0.00677. The van der Waals surface area contributed by atoms with E-state index in [1.165, 1.54) is 0 Å². The van der Waals surface area contributed by atoms with Gasteiger partial charge < -0.3 is 19.2 Å². The van der Waals surface area contributed by atoms with Gasteiger partial charge in [-0.1, -0.05) is 36.4 Å². The number of methoxy groups -OCH3 is 1. The van der Waals surface area contributed by atoms with Crippen molar-refractivity contribution in [2.24, 2.45) is 0 Å². The maximum atomic E-state index is 12.1. The van der Waals surface area contributed by atoms with Gasteiger partial charge in [0, 0.05) is 24.9 Å². The molecular formula is C23H26N2O4. The summed E-state index contributed by atoms with van der Waals surface area (Å²) < 4.78 is 16.6. The summed E-state index contributed by atoms with van der Waals surface area (Å²) in [5.74, 6) is 2.75. The molecule has 2 aromatic carbocycles. The van der Waals surface area contributed by atoms with Crippen molar-refractivity contribution < 1.29 is 18.7 Å². The van der Waals surface area contributed by atoms with E-state index in [9.17, 15) is 4.79 Å². The Balaban J connectivity index is 1.43. The number of ether oxygens (including phenoxy) is 2. The molecular weight excluding hydrogens is 368 g/mol. The molecule has 0 fully saturated rings. The predicted octanol–water partition coefficient (Wildman–Crippen LogP) is 4.39. The normalized spacial score (nSPS) is 10.6. The lowest BCUT2D eigenvalue weighted by Crippen LogP contribution is -2.22. The number of hydrogen-bond donors (Lipinski definition) is 1. The highest BCUT2D eigenvalue weighted by Crippen LogP contribution is 2.28. The highest BCUT2D eigenvalue weighted by Gasteiger charge is 2.09. The van der Waals surface area contributed by atoms with Crippen LogP contribution in [-0.2, 0) is 17.8 Å². The Labute approximate surface area is 170 Å². The van der Waals surface area contributed by atoms with Crippen molar-refractivity contribution in [2.45, 2.75) is 32.7 Å². The zero-order valence-electron chi connectivity index (χ0n) is 16.8. The number of nitrogens with zero attached hydrogens (tertiary/aromatic N) is 1. The van der Waals surface area contributed by atoms with Gasteiger partial charge in [-0.2, -0.15) is 0 Å². The molecule has 0 spiro atoms. The van der Waals surface area contributed by atoms with Crippen LogP contribution in [0.3, 0.4) is 0 Å². The zero-order valence-corrected chi connectivity index (χ0v) is 16.8. The van der Waals surface area contributed by atoms with Crippen LogP contribution in [-0.4, -0.2) is 24.6 Å². The van der Waals surface area contributed by atoms with Gasteiger partial charge in [-0.15, -0.1) is 0 Å². The molecule has 0 aliphatic carbocycles. The molecule has 6 heteroatoms. The summed E-state index contributed by atoms with van der Waals surface area (Å²) in [6, 6.07) is 15.5. The number of benzene rings is 2. The SMILES string of the molecule is CCOc1ccc(CNC(=O)CCCc2ncc(-c3ccccc3)o2)cc1OC. The summed E-state index contributed by atoms with van der Waals surface area (Å²) in [5.41, 5.74) is 1.95. The number of carbonyl (C=O) groups excluding carboxylic acids is 1. The average Bonchev–Trinajstić information content (AvgIpc) is 3.23. The highest BCUT2D eigenvalue weighted by molar-refractivity contribution is 5.75. The first kappa shape index (κ1) is 20.5. The fraction of sp³-hybridized carbons (Fsp3) is 0.304. The number of aromatic nitrogens is 1. The number of carbonyl (C=O) groups is 1. The number of aryl methyl sites for hydroxylation is 1. The third-order valence-corrected chi connectivity index (χ3v) is 4.42. The molecule has 1 N–H and O–H groups in total. The molecule has 1 heterocycles. The first-order chi connectivity index (χ1) is 14.2. The molecule has 0 aliphatic heterocycles. The van der Waals surface area contributed by atoms with E-state index in [1.54, 1.807) is 13.3 Å². The molecule has 0 radical (unpaired) electrons. The molecule has 0 saturated carbocycles. The Kier molecular flexibility index (Phi) is 7.28. The van der Waals surface area contributed by atoms with Gasteiger partial charge in [0.15, 0.2) is 23.1 Å². The number of amides is 1. The Morgan fingerprint density at radius 2 is 1.97 bits per heavy atom. The lowest BCUT2D eigenvalue weighted by Gasteiger charge is -2.11. The third kappa shape index (κ3) is 5.85. The molecule has 1 amide bonds. The van der Waals surface area contributed by atoms with Crippen molar-refractivity contribution in [3.63, 3.8) is 0 Å². The molecule has 3 aromatic rings. The minimum absolute atomic E-state index is 0.00677. The predicted molar refractivity (Wildman–Crippen MR) is 111 cm³/mol. The summed E-state index contributed by atoms with van der Waals surface area (Å²) >= 11 is 0. The Morgan fingerprint density at radius 1 is 1.14 bits per heavy atom. The molecule has 0 saturated heterocycles. The largest absolute Gasteiger partial charge is 0.493 e. The minimum Gasteiger partial charge on any atom is -0.493 e. The third-order valence-electron chi connectivity index (χ3n) is 4.42. The maximum Gasteiger partial charge on any atom is 0.220 e. The van der Waals surface area contributed by atoms with Crippen LogP contribution in [0.5, 0.6) is 11.5 Å². The topological polar surface area (TPSA) is 73.6 Å². The molecule has 1 aromatic heterocycles. The molecule has 29 heavy (non-hydrogen) atoms. The summed E-state index contributed by atoms with van der Waals surface area (Å²) in [6.07, 6.45) is 3.44. The van der Waals surface area contributed by atoms with Crippen molar-refractivity contribution in [3.05, 3.63) is 66.2 Å². The maximum absolute atomic E-state index is 12.1. The van der Waals surface area contributed by atoms with Crippen LogP contribution < -0.4 is 14.8 Å². The Morgan fingerprint density at radius 3 is 2.72 bits per heavy atom. The van der Waals surface area contributed by atoms with E-state index in [-0.39, 0.29) is 5.91 Å². The van der Waals surface area contributed by atoms with Crippen LogP contribution in [0.25, 0.3) is 11.3 Å². The number of oxazole rings is 1. The summed E-state index contributed by atoms with van der Waals surface area (Å²) in [7, 11) is 1.60. The average molecular weight is 394 g/mol. The summed E-state index contributed by atoms with van der Waals surface area (Å²) in [4.78, 5) is 16.4. The number of rotatable bonds is 10. The highest BCUT2D eigenvalue weighted by atomic mass is 16.5. The van der Waals surface area contributed by atoms with Crippen molar-refractivity contribution in [3.8, 4) is 22.8 Å². The first-order valence-corrected chi connectivity index (χ1v) is 9.76. The van der Waals surface area contributed by atoms with Gasteiger partial charge in [0.25, 0.3) is 0 Å². The smallest absolute Gasteiger partial charge is 0.220 e. The lowest BCUT2D eigenvalue weighted by molar-refractivity contribution is -0.121. The molecule has 152 valence electrons. The van der Waals surface area contributed by atoms with Gasteiger partial charge in [0.1, 0.15) is 0 Å². The second kappa shape index (κ2) is 10.3. The van der Waals surface area contributed by atoms with Gasteiger partial charge in [-0.25, -0.2) is 4.98 Å². The van der Waals surface area contributed by atoms with Gasteiger partial charge in [-0.3, -0.25) is 4.79 Å². The van der Waals surface area contributed by atoms with Crippen molar-refractivity contribution in [1.29, 1.82) is 0 Å². The fourth-order valence-corrected chi connectivity index (χ4v) is 2.95. The molecule has 3 rings (SSSR count). The summed E-state index contributed by atoms with van der Waals surface area (Å²) in [6.45, 7) is 2.94. The standard InChI is InChI=1S/C23H26N2O4/c1-3-28-19-13-12-17(14-20(19)27-2)15-24-22(26)10-7-11-23-25-16-21(29-23)18-8-5-4-6-9-18/h4-6,8-9,12-14,16H,3,7,10-11,15H2,1-2H3,(H,24,26). The van der Waals surface area contributed by atoms with E-state index < -0.39 is 0 Å². The van der Waals surface area contributed by atoms with Gasteiger partial charge in [0.2, 0.25) is 5.91 Å². The van der Waals surface area contributed by atoms with Gasteiger partial charge in [0.05, 0.1) is 19.9 Å². The van der Waals surface area contributed by atoms with Gasteiger partial charge in [-0.05, 0) is 31.0 Å². The van der Waals surface area contributed by atoms with E-state index >= 15 is 0 Å². The molecule has 6 nitrogen and oxygen atoms in total. The van der Waals surface area contributed by atoms with Crippen LogP contribution in [0, 0.1) is 0 Å². The quantitative estimate of drug-likeness (QED) is 0.552. The molecule has 0 bridgehead atoms. The molecule has 0 unspecified atom stereocenters. The lowest BCUT2D eigenvalue weighted by atomic mass is 10.2. The van der Waals surface area contributed by atoms with Crippen LogP contribution in [0.4, 0.5) is 0 Å². The van der Waals surface area contributed by atoms with Crippen molar-refractivity contribution in [1.82, 2.24) is 10.3 Å². The second-order valence-corrected chi connectivity index (χ2v) is 6.53. The van der Waals surface area contributed by atoms with Crippen LogP contribution in [0.2, 0.25) is 0 Å². The molecule has 0 atom stereocenters. The van der Waals surface area contributed by atoms with Crippen molar-refractivity contribution in [2.75, 3.05) is 13.7 Å². The van der Waals surface area contributed by atoms with E-state index in [0.29, 0.717) is 49.8 Å². The monoisotopic (exact) mass is 394 g/mol. The van der Waals surface area contributed by atoms with E-state index in [0.717, 1.165) is 16.9 Å². The van der Waals surface area contributed by atoms with E-state index in [4.69, 9.17) is 13.9 Å². The van der Waals surface area contributed by atoms with Gasteiger partial charge >= 0.3 is 0 Å². The summed E-state index contributed by atoms with van der Waals surface area (Å²) in [5, 5.41) is 2.93. The van der Waals surface area contributed by atoms with Crippen LogP contribution in [0.1, 0.15) is 31.2 Å². The fourth-order valence-electron chi connectivity index (χ4n) is 2.95. The van der Waals surface area contributed by atoms with E-state index in [2.05, 4.69) is 10.3 Å².